The van der Waals surface area contributed by atoms with Crippen molar-refractivity contribution in [2.75, 3.05) is 0 Å². The van der Waals surface area contributed by atoms with E-state index < -0.39 is 0 Å². The first-order valence-corrected chi connectivity index (χ1v) is 0. The van der Waals surface area contributed by atoms with Crippen LogP contribution < -0.4 is 0 Å². The second-order valence-electron chi connectivity index (χ2n) is 0. The third-order valence-corrected chi connectivity index (χ3v) is 0. The van der Waals surface area contributed by atoms with Crippen molar-refractivity contribution in [3.05, 3.63) is 0 Å². The Balaban J connectivity index is 0. The molecule has 21 valence electrons. The summed E-state index contributed by atoms with van der Waals surface area (Å²) in [6, 6.07) is 0. The van der Waals surface area contributed by atoms with Gasteiger partial charge in [0, 0.05) is 121 Å². The van der Waals surface area contributed by atoms with E-state index in [1.54, 1.807) is 0 Å². The van der Waals surface area contributed by atoms with Crippen molar-refractivity contribution >= 4 is 45.5 Å². The molecule has 0 heterocycles. The van der Waals surface area contributed by atoms with E-state index in [0.717, 1.165) is 0 Å². The van der Waals surface area contributed by atoms with Crippen molar-refractivity contribution in [3.63, 3.8) is 0 Å². The molecule has 0 saturated carbocycles. The van der Waals surface area contributed by atoms with Crippen LogP contribution in [0.4, 0.5) is 0 Å². The van der Waals surface area contributed by atoms with E-state index in [-0.39, 0.29) is 121 Å². The predicted octanol–water partition coefficient (Wildman–Crippen LogP) is -0.386. The Bertz CT molecular complexity index is 8.00. The molecule has 4 heteroatoms. The molecular weight excluding hydrogens is 342 g/mol. The number of hydrogen-bond donors (Lipinski definition) is 0. The molecule has 0 aliphatic rings. The van der Waals surface area contributed by atoms with Crippen LogP contribution in [0.5, 0.6) is 0 Å². The maximum absolute atomic E-state index is 0. The van der Waals surface area contributed by atoms with Gasteiger partial charge >= 0.3 is 0 Å². The summed E-state index contributed by atoms with van der Waals surface area (Å²) in [5, 5.41) is 0. The maximum Gasteiger partial charge on any atom is 0 e. The normalized spacial score (nSPS) is 0. The van der Waals surface area contributed by atoms with Crippen molar-refractivity contribution in [1.82, 2.24) is 0 Å². The van der Waals surface area contributed by atoms with E-state index in [1.807, 2.05) is 0 Å². The minimum absolute atomic E-state index is 0. The van der Waals surface area contributed by atoms with E-state index >= 15 is 0 Å². The molecule has 0 aromatic carbocycles. The molecule has 0 fully saturated rings. The fourth-order valence-corrected chi connectivity index (χ4v) is 0. The van der Waals surface area contributed by atoms with Gasteiger partial charge < -0.3 is 0 Å². The first-order valence-electron chi connectivity index (χ1n) is 0. The van der Waals surface area contributed by atoms with Crippen LogP contribution in [0.15, 0.2) is 0 Å². The predicted molar refractivity (Wildman–Crippen MR) is 5.75 cm³/mol. The molecule has 5 radical (unpaired) electrons. The minimum atomic E-state index is 0. The van der Waals surface area contributed by atoms with Crippen LogP contribution in [0.3, 0.4) is 0 Å². The molecule has 0 spiro atoms. The van der Waals surface area contributed by atoms with Gasteiger partial charge in [-0.25, -0.2) is 0 Å². The van der Waals surface area contributed by atoms with Crippen molar-refractivity contribution in [2.45, 2.75) is 0 Å². The Hall–Kier alpha value is 3.87. The van der Waals surface area contributed by atoms with Gasteiger partial charge in [0.1, 0.15) is 0 Å². The third-order valence-electron chi connectivity index (χ3n) is 0. The molecular formula is CoMnPrSr. The van der Waals surface area contributed by atoms with E-state index in [0.29, 0.717) is 0 Å². The summed E-state index contributed by atoms with van der Waals surface area (Å²) >= 11 is 0. The second-order valence-corrected chi connectivity index (χ2v) is 0. The summed E-state index contributed by atoms with van der Waals surface area (Å²) in [5.41, 5.74) is 0. The number of rotatable bonds is 0. The zero-order valence-electron chi connectivity index (χ0n) is 2.00. The van der Waals surface area contributed by atoms with Gasteiger partial charge in [-0.1, -0.05) is 0 Å². The fourth-order valence-electron chi connectivity index (χ4n) is 0. The van der Waals surface area contributed by atoms with Crippen LogP contribution in [0.2, 0.25) is 0 Å². The summed E-state index contributed by atoms with van der Waals surface area (Å²) in [7, 11) is 0. The Morgan fingerprint density at radius 3 is 1.00 bits per heavy atom. The molecule has 0 amide bonds. The largest absolute Gasteiger partial charge is 0 e. The van der Waals surface area contributed by atoms with Gasteiger partial charge in [-0.3, -0.25) is 0 Å². The quantitative estimate of drug-likeness (QED) is 0.527. The Labute approximate surface area is 117 Å². The van der Waals surface area contributed by atoms with Crippen LogP contribution in [0, 0.1) is 41.3 Å². The Morgan fingerprint density at radius 2 is 1.00 bits per heavy atom. The zero-order valence-corrected chi connectivity index (χ0v) is 11.4. The average Bonchev–Trinajstić information content (AvgIpc) is 0. The molecule has 0 saturated heterocycles. The average molecular weight is 342 g/mol. The van der Waals surface area contributed by atoms with Crippen LogP contribution in [0.25, 0.3) is 0 Å². The number of hydrogen-bond acceptors (Lipinski definition) is 0. The van der Waals surface area contributed by atoms with Gasteiger partial charge in [-0.05, 0) is 0 Å². The Kier molecular flexibility index (Phi) is 98.0. The molecule has 0 N–H and O–H groups in total. The van der Waals surface area contributed by atoms with E-state index in [4.69, 9.17) is 0 Å². The fraction of sp³-hybridized carbons (Fsp3) is 0. The molecule has 4 heavy (non-hydrogen) atoms. The molecule has 0 nitrogen and oxygen atoms in total. The monoisotopic (exact) mass is 343 g/mol. The van der Waals surface area contributed by atoms with Crippen LogP contribution in [-0.2, 0) is 33.8 Å². The van der Waals surface area contributed by atoms with Gasteiger partial charge in [0.2, 0.25) is 0 Å². The van der Waals surface area contributed by atoms with Gasteiger partial charge in [-0.2, -0.15) is 0 Å². The minimum Gasteiger partial charge on any atom is 0 e. The molecule has 0 unspecified atom stereocenters. The van der Waals surface area contributed by atoms with Gasteiger partial charge in [0.25, 0.3) is 0 Å². The van der Waals surface area contributed by atoms with Crippen molar-refractivity contribution in [2.24, 2.45) is 0 Å². The Morgan fingerprint density at radius 1 is 1.00 bits per heavy atom. The summed E-state index contributed by atoms with van der Waals surface area (Å²) < 4.78 is 0. The summed E-state index contributed by atoms with van der Waals surface area (Å²) in [5.74, 6) is 0. The summed E-state index contributed by atoms with van der Waals surface area (Å²) in [4.78, 5) is 0. The van der Waals surface area contributed by atoms with Crippen LogP contribution in [-0.4, -0.2) is 45.5 Å². The SMILES string of the molecule is [Co].[Mn].[Pr].[Sr]. The van der Waals surface area contributed by atoms with E-state index in [1.165, 1.54) is 0 Å². The maximum atomic E-state index is 0. The standard InChI is InChI=1S/Co.Mn.Pr.Sr. The third kappa shape index (κ3) is 9.30. The van der Waals surface area contributed by atoms with Crippen molar-refractivity contribution in [3.8, 4) is 0 Å². The van der Waals surface area contributed by atoms with Crippen LogP contribution in [0.1, 0.15) is 0 Å². The molecule has 0 aromatic rings. The van der Waals surface area contributed by atoms with Crippen molar-refractivity contribution in [1.29, 1.82) is 0 Å². The van der Waals surface area contributed by atoms with E-state index in [2.05, 4.69) is 0 Å². The first-order chi connectivity index (χ1) is 0. The van der Waals surface area contributed by atoms with E-state index in [9.17, 15) is 0 Å². The van der Waals surface area contributed by atoms with Gasteiger partial charge in [0.15, 0.2) is 0 Å². The molecule has 0 atom stereocenters. The second kappa shape index (κ2) is 15.8. The zero-order chi connectivity index (χ0) is 0. The smallest absolute Gasteiger partial charge is 0 e. The van der Waals surface area contributed by atoms with Gasteiger partial charge in [-0.15, -0.1) is 0 Å². The molecule has 0 aromatic heterocycles. The summed E-state index contributed by atoms with van der Waals surface area (Å²) in [6.45, 7) is 0. The topological polar surface area (TPSA) is 0 Å². The van der Waals surface area contributed by atoms with Gasteiger partial charge in [0.05, 0.1) is 0 Å². The molecule has 0 bridgehead atoms. The van der Waals surface area contributed by atoms with Crippen molar-refractivity contribution < 1.29 is 75.1 Å². The van der Waals surface area contributed by atoms with Crippen LogP contribution >= 0.6 is 0 Å². The molecule has 0 rings (SSSR count). The summed E-state index contributed by atoms with van der Waals surface area (Å²) in [6.07, 6.45) is 0. The first kappa shape index (κ1) is 24.8. The molecule has 0 aliphatic heterocycles. The molecule has 0 aliphatic carbocycles.